The molecule has 6 heteroatoms. The highest BCUT2D eigenvalue weighted by atomic mass is 19.1. The molecule has 1 saturated heterocycles. The number of rotatable bonds is 5. The Bertz CT molecular complexity index is 573. The smallest absolute Gasteiger partial charge is 0.123 e. The lowest BCUT2D eigenvalue weighted by Gasteiger charge is -2.23. The fraction of sp³-hybridized carbons (Fsp3) is 0.400. The Morgan fingerprint density at radius 2 is 2.14 bits per heavy atom. The Morgan fingerprint density at radius 1 is 1.33 bits per heavy atom. The molecule has 2 aromatic rings. The van der Waals surface area contributed by atoms with Crippen molar-refractivity contribution in [3.05, 3.63) is 48.0 Å². The number of ether oxygens (including phenoxy) is 1. The van der Waals surface area contributed by atoms with Crippen LogP contribution in [-0.4, -0.2) is 45.5 Å². The number of H-pyrrole nitrogens is 1. The molecule has 5 nitrogen and oxygen atoms in total. The van der Waals surface area contributed by atoms with Gasteiger partial charge in [-0.2, -0.15) is 5.10 Å². The van der Waals surface area contributed by atoms with Crippen LogP contribution < -0.4 is 4.74 Å². The second kappa shape index (κ2) is 5.83. The van der Waals surface area contributed by atoms with Crippen LogP contribution in [0.3, 0.4) is 0 Å². The summed E-state index contributed by atoms with van der Waals surface area (Å²) in [5.74, 6) is 0.268. The standard InChI is InChI=1S/C15H18FN3O2/c16-12-1-3-14(4-2-12)21-11-15(20)6-8-19(10-15)9-13-5-7-17-18-13/h1-5,7,20H,6,8-11H2,(H,17,18)/t15-/m1/s1. The lowest BCUT2D eigenvalue weighted by Crippen LogP contribution is -2.39. The van der Waals surface area contributed by atoms with Gasteiger partial charge in [-0.25, -0.2) is 4.39 Å². The minimum absolute atomic E-state index is 0.206. The van der Waals surface area contributed by atoms with Crippen LogP contribution in [0.5, 0.6) is 5.75 Å². The first-order chi connectivity index (χ1) is 10.1. The molecule has 1 fully saturated rings. The fourth-order valence-electron chi connectivity index (χ4n) is 2.56. The van der Waals surface area contributed by atoms with Gasteiger partial charge >= 0.3 is 0 Å². The summed E-state index contributed by atoms with van der Waals surface area (Å²) in [7, 11) is 0. The highest BCUT2D eigenvalue weighted by Gasteiger charge is 2.36. The number of β-amino-alcohol motifs (C(OH)–C–C–N with tert-alkyl or cyclic N) is 1. The Kier molecular flexibility index (Phi) is 3.90. The Morgan fingerprint density at radius 3 is 2.86 bits per heavy atom. The molecule has 0 saturated carbocycles. The van der Waals surface area contributed by atoms with Crippen molar-refractivity contribution in [3.63, 3.8) is 0 Å². The van der Waals surface area contributed by atoms with E-state index in [1.165, 1.54) is 12.1 Å². The lowest BCUT2D eigenvalue weighted by atomic mass is 10.1. The fourth-order valence-corrected chi connectivity index (χ4v) is 2.56. The molecular weight excluding hydrogens is 273 g/mol. The Hall–Kier alpha value is -1.92. The molecule has 3 rings (SSSR count). The van der Waals surface area contributed by atoms with Crippen LogP contribution in [0.15, 0.2) is 36.5 Å². The van der Waals surface area contributed by atoms with Crippen LogP contribution in [0.1, 0.15) is 12.1 Å². The van der Waals surface area contributed by atoms with E-state index < -0.39 is 5.60 Å². The number of hydrogen-bond acceptors (Lipinski definition) is 4. The maximum atomic E-state index is 12.8. The molecule has 0 radical (unpaired) electrons. The third-order valence-electron chi connectivity index (χ3n) is 3.68. The average molecular weight is 291 g/mol. The summed E-state index contributed by atoms with van der Waals surface area (Å²) < 4.78 is 18.4. The van der Waals surface area contributed by atoms with Gasteiger partial charge in [0.15, 0.2) is 0 Å². The second-order valence-electron chi connectivity index (χ2n) is 5.51. The van der Waals surface area contributed by atoms with Gasteiger partial charge in [0.2, 0.25) is 0 Å². The third kappa shape index (κ3) is 3.59. The molecule has 0 bridgehead atoms. The number of aliphatic hydroxyl groups is 1. The maximum Gasteiger partial charge on any atom is 0.123 e. The van der Waals surface area contributed by atoms with E-state index in [1.54, 1.807) is 18.3 Å². The van der Waals surface area contributed by atoms with Crippen molar-refractivity contribution in [2.24, 2.45) is 0 Å². The zero-order chi connectivity index (χ0) is 14.7. The van der Waals surface area contributed by atoms with Crippen LogP contribution >= 0.6 is 0 Å². The third-order valence-corrected chi connectivity index (χ3v) is 3.68. The number of benzene rings is 1. The van der Waals surface area contributed by atoms with E-state index >= 15 is 0 Å². The summed E-state index contributed by atoms with van der Waals surface area (Å²) >= 11 is 0. The van der Waals surface area contributed by atoms with Crippen molar-refractivity contribution >= 4 is 0 Å². The lowest BCUT2D eigenvalue weighted by molar-refractivity contribution is 0.00329. The van der Waals surface area contributed by atoms with Crippen molar-refractivity contribution in [2.45, 2.75) is 18.6 Å². The number of halogens is 1. The number of nitrogens with zero attached hydrogens (tertiary/aromatic N) is 2. The molecule has 1 aromatic carbocycles. The van der Waals surface area contributed by atoms with Gasteiger partial charge in [-0.05, 0) is 36.8 Å². The number of nitrogens with one attached hydrogen (secondary N) is 1. The highest BCUT2D eigenvalue weighted by molar-refractivity contribution is 5.22. The van der Waals surface area contributed by atoms with Crippen LogP contribution in [0.2, 0.25) is 0 Å². The van der Waals surface area contributed by atoms with E-state index in [2.05, 4.69) is 15.1 Å². The van der Waals surface area contributed by atoms with E-state index in [1.807, 2.05) is 6.07 Å². The predicted molar refractivity (Wildman–Crippen MR) is 75.3 cm³/mol. The summed E-state index contributed by atoms with van der Waals surface area (Å²) in [4.78, 5) is 2.15. The maximum absolute atomic E-state index is 12.8. The number of hydrogen-bond donors (Lipinski definition) is 2. The topological polar surface area (TPSA) is 61.4 Å². The summed E-state index contributed by atoms with van der Waals surface area (Å²) in [6.07, 6.45) is 2.37. The summed E-state index contributed by atoms with van der Waals surface area (Å²) in [6.45, 7) is 2.30. The summed E-state index contributed by atoms with van der Waals surface area (Å²) in [6, 6.07) is 7.75. The molecule has 2 N–H and O–H groups in total. The Balaban J connectivity index is 1.52. The minimum Gasteiger partial charge on any atom is -0.491 e. The summed E-state index contributed by atoms with van der Waals surface area (Å²) in [5.41, 5.74) is 0.160. The normalized spacial score (nSPS) is 22.6. The summed E-state index contributed by atoms with van der Waals surface area (Å²) in [5, 5.41) is 17.4. The molecule has 2 heterocycles. The first kappa shape index (κ1) is 14.0. The number of aromatic amines is 1. The van der Waals surface area contributed by atoms with Gasteiger partial charge in [0.25, 0.3) is 0 Å². The van der Waals surface area contributed by atoms with E-state index in [0.29, 0.717) is 18.7 Å². The quantitative estimate of drug-likeness (QED) is 0.878. The van der Waals surface area contributed by atoms with Gasteiger partial charge in [0.05, 0.1) is 0 Å². The van der Waals surface area contributed by atoms with E-state index in [9.17, 15) is 9.50 Å². The van der Waals surface area contributed by atoms with Crippen LogP contribution in [0.4, 0.5) is 4.39 Å². The molecule has 21 heavy (non-hydrogen) atoms. The zero-order valence-corrected chi connectivity index (χ0v) is 11.6. The van der Waals surface area contributed by atoms with Crippen molar-refractivity contribution < 1.29 is 14.2 Å². The molecule has 112 valence electrons. The first-order valence-corrected chi connectivity index (χ1v) is 6.94. The minimum atomic E-state index is -0.867. The molecule has 1 aliphatic rings. The van der Waals surface area contributed by atoms with Gasteiger partial charge in [-0.1, -0.05) is 0 Å². The molecule has 0 unspecified atom stereocenters. The molecule has 0 aliphatic carbocycles. The van der Waals surface area contributed by atoms with Crippen LogP contribution in [0.25, 0.3) is 0 Å². The van der Waals surface area contributed by atoms with Crippen molar-refractivity contribution in [1.82, 2.24) is 15.1 Å². The monoisotopic (exact) mass is 291 g/mol. The van der Waals surface area contributed by atoms with Gasteiger partial charge in [0, 0.05) is 31.5 Å². The highest BCUT2D eigenvalue weighted by Crippen LogP contribution is 2.24. The molecule has 1 aliphatic heterocycles. The SMILES string of the molecule is O[C@]1(COc2ccc(F)cc2)CCN(Cc2ccn[nH]2)C1. The van der Waals surface area contributed by atoms with Gasteiger partial charge < -0.3 is 9.84 Å². The van der Waals surface area contributed by atoms with Crippen LogP contribution in [-0.2, 0) is 6.54 Å². The number of aromatic nitrogens is 2. The second-order valence-corrected chi connectivity index (χ2v) is 5.51. The predicted octanol–water partition coefficient (Wildman–Crippen LogP) is 1.56. The Labute approximate surface area is 122 Å². The number of likely N-dealkylation sites (tertiary alicyclic amines) is 1. The largest absolute Gasteiger partial charge is 0.491 e. The first-order valence-electron chi connectivity index (χ1n) is 6.94. The van der Waals surface area contributed by atoms with Crippen LogP contribution in [0, 0.1) is 5.82 Å². The molecule has 1 aromatic heterocycles. The van der Waals surface area contributed by atoms with Crippen molar-refractivity contribution in [1.29, 1.82) is 0 Å². The van der Waals surface area contributed by atoms with E-state index in [4.69, 9.17) is 4.74 Å². The van der Waals surface area contributed by atoms with Gasteiger partial charge in [0.1, 0.15) is 23.8 Å². The average Bonchev–Trinajstić information content (AvgIpc) is 3.10. The van der Waals surface area contributed by atoms with Gasteiger partial charge in [-0.3, -0.25) is 10.00 Å². The zero-order valence-electron chi connectivity index (χ0n) is 11.6. The molecule has 0 spiro atoms. The molecular formula is C15H18FN3O2. The molecule has 1 atom stereocenters. The van der Waals surface area contributed by atoms with Crippen molar-refractivity contribution in [2.75, 3.05) is 19.7 Å². The van der Waals surface area contributed by atoms with Crippen molar-refractivity contribution in [3.8, 4) is 5.75 Å². The van der Waals surface area contributed by atoms with E-state index in [0.717, 1.165) is 18.8 Å². The molecule has 0 amide bonds. The van der Waals surface area contributed by atoms with E-state index in [-0.39, 0.29) is 12.4 Å². The van der Waals surface area contributed by atoms with Gasteiger partial charge in [-0.15, -0.1) is 0 Å².